The molecule has 0 aromatic heterocycles. The first-order chi connectivity index (χ1) is 7.26. The molecule has 2 fully saturated rings. The van der Waals surface area contributed by atoms with Crippen LogP contribution in [-0.2, 0) is 14.3 Å². The molecule has 84 valence electrons. The maximum Gasteiger partial charge on any atom is 0.309 e. The minimum absolute atomic E-state index is 0.100. The summed E-state index contributed by atoms with van der Waals surface area (Å²) in [5.74, 6) is 0.868. The summed E-state index contributed by atoms with van der Waals surface area (Å²) in [5.41, 5.74) is 0. The predicted molar refractivity (Wildman–Crippen MR) is 55.1 cm³/mol. The largest absolute Gasteiger partial charge is 0.469 e. The number of hydrogen-bond donors (Lipinski definition) is 0. The molecule has 0 saturated heterocycles. The average Bonchev–Trinajstić information content (AvgIpc) is 2.73. The topological polar surface area (TPSA) is 43.4 Å². The SMILES string of the molecule is COC(=O)[C@H]1C[C@H]2CCC[C@H]2C[C@H]1C=O. The number of ether oxygens (including phenoxy) is 1. The maximum absolute atomic E-state index is 11.5. The predicted octanol–water partition coefficient (Wildman–Crippen LogP) is 1.80. The van der Waals surface area contributed by atoms with Gasteiger partial charge in [0.05, 0.1) is 13.0 Å². The zero-order valence-corrected chi connectivity index (χ0v) is 9.15. The molecule has 2 aliphatic rings. The second kappa shape index (κ2) is 4.33. The Bertz CT molecular complexity index is 262. The van der Waals surface area contributed by atoms with Crippen molar-refractivity contribution in [2.75, 3.05) is 7.11 Å². The molecule has 0 amide bonds. The normalized spacial score (nSPS) is 39.5. The molecule has 3 nitrogen and oxygen atoms in total. The molecule has 0 aliphatic heterocycles. The van der Waals surface area contributed by atoms with Gasteiger partial charge in [-0.3, -0.25) is 4.79 Å². The third-order valence-electron chi connectivity index (χ3n) is 4.14. The van der Waals surface area contributed by atoms with Gasteiger partial charge >= 0.3 is 5.97 Å². The van der Waals surface area contributed by atoms with Crippen molar-refractivity contribution in [2.24, 2.45) is 23.7 Å². The Kier molecular flexibility index (Phi) is 3.08. The van der Waals surface area contributed by atoms with E-state index in [2.05, 4.69) is 0 Å². The second-order valence-electron chi connectivity index (χ2n) is 4.85. The summed E-state index contributed by atoms with van der Waals surface area (Å²) in [5, 5.41) is 0. The van der Waals surface area contributed by atoms with E-state index in [9.17, 15) is 9.59 Å². The summed E-state index contributed by atoms with van der Waals surface area (Å²) < 4.78 is 4.77. The highest BCUT2D eigenvalue weighted by molar-refractivity contribution is 5.77. The van der Waals surface area contributed by atoms with Crippen LogP contribution in [0.15, 0.2) is 0 Å². The Hall–Kier alpha value is -0.860. The van der Waals surface area contributed by atoms with Crippen LogP contribution in [0.3, 0.4) is 0 Å². The van der Waals surface area contributed by atoms with Crippen LogP contribution >= 0.6 is 0 Å². The van der Waals surface area contributed by atoms with Crippen LogP contribution in [0.5, 0.6) is 0 Å². The highest BCUT2D eigenvalue weighted by atomic mass is 16.5. The van der Waals surface area contributed by atoms with E-state index < -0.39 is 0 Å². The second-order valence-corrected chi connectivity index (χ2v) is 4.85. The number of hydrogen-bond acceptors (Lipinski definition) is 3. The number of carbonyl (C=O) groups excluding carboxylic acids is 2. The molecule has 3 heteroatoms. The van der Waals surface area contributed by atoms with Crippen molar-refractivity contribution in [3.8, 4) is 0 Å². The van der Waals surface area contributed by atoms with E-state index in [1.165, 1.54) is 26.4 Å². The van der Waals surface area contributed by atoms with Gasteiger partial charge in [-0.25, -0.2) is 0 Å². The molecule has 0 spiro atoms. The smallest absolute Gasteiger partial charge is 0.309 e. The number of methoxy groups -OCH3 is 1. The third-order valence-corrected chi connectivity index (χ3v) is 4.14. The van der Waals surface area contributed by atoms with Crippen molar-refractivity contribution in [3.63, 3.8) is 0 Å². The fourth-order valence-electron chi connectivity index (χ4n) is 3.32. The molecule has 0 bridgehead atoms. The Morgan fingerprint density at radius 2 is 1.93 bits per heavy atom. The Labute approximate surface area is 90.2 Å². The van der Waals surface area contributed by atoms with E-state index in [1.807, 2.05) is 0 Å². The number of fused-ring (bicyclic) bond motifs is 1. The van der Waals surface area contributed by atoms with Gasteiger partial charge < -0.3 is 9.53 Å². The molecule has 0 aromatic rings. The fourth-order valence-corrected chi connectivity index (χ4v) is 3.32. The lowest BCUT2D eigenvalue weighted by Crippen LogP contribution is -2.35. The van der Waals surface area contributed by atoms with Crippen LogP contribution in [0.1, 0.15) is 32.1 Å². The molecule has 0 unspecified atom stereocenters. The maximum atomic E-state index is 11.5. The van der Waals surface area contributed by atoms with Crippen LogP contribution in [0.25, 0.3) is 0 Å². The van der Waals surface area contributed by atoms with E-state index >= 15 is 0 Å². The van der Waals surface area contributed by atoms with Crippen LogP contribution < -0.4 is 0 Å². The molecule has 15 heavy (non-hydrogen) atoms. The van der Waals surface area contributed by atoms with Gasteiger partial charge in [0.15, 0.2) is 0 Å². The standard InChI is InChI=1S/C12H18O3/c1-15-12(14)11-6-9-4-2-3-8(9)5-10(11)7-13/h7-11H,2-6H2,1H3/t8-,9+,10-,11-/m0/s1. The first-order valence-electron chi connectivity index (χ1n) is 5.79. The molecule has 2 aliphatic carbocycles. The molecule has 2 rings (SSSR count). The average molecular weight is 210 g/mol. The fraction of sp³-hybridized carbons (Fsp3) is 0.833. The lowest BCUT2D eigenvalue weighted by atomic mass is 9.70. The van der Waals surface area contributed by atoms with Crippen molar-refractivity contribution in [3.05, 3.63) is 0 Å². The summed E-state index contributed by atoms with van der Waals surface area (Å²) in [4.78, 5) is 22.5. The van der Waals surface area contributed by atoms with Gasteiger partial charge in [-0.1, -0.05) is 19.3 Å². The molecule has 0 N–H and O–H groups in total. The summed E-state index contributed by atoms with van der Waals surface area (Å²) >= 11 is 0. The van der Waals surface area contributed by atoms with Gasteiger partial charge in [-0.15, -0.1) is 0 Å². The number of rotatable bonds is 2. The van der Waals surface area contributed by atoms with E-state index in [-0.39, 0.29) is 17.8 Å². The van der Waals surface area contributed by atoms with Crippen LogP contribution in [-0.4, -0.2) is 19.4 Å². The van der Waals surface area contributed by atoms with E-state index in [0.717, 1.165) is 19.1 Å². The zero-order chi connectivity index (χ0) is 10.8. The van der Waals surface area contributed by atoms with Crippen LogP contribution in [0.4, 0.5) is 0 Å². The first-order valence-corrected chi connectivity index (χ1v) is 5.79. The molecule has 0 radical (unpaired) electrons. The lowest BCUT2D eigenvalue weighted by Gasteiger charge is -2.34. The van der Waals surface area contributed by atoms with Crippen molar-refractivity contribution < 1.29 is 14.3 Å². The van der Waals surface area contributed by atoms with Crippen molar-refractivity contribution in [1.82, 2.24) is 0 Å². The number of aldehydes is 1. The summed E-state index contributed by atoms with van der Waals surface area (Å²) in [6, 6.07) is 0. The van der Waals surface area contributed by atoms with Gasteiger partial charge in [0.2, 0.25) is 0 Å². The van der Waals surface area contributed by atoms with Crippen molar-refractivity contribution in [2.45, 2.75) is 32.1 Å². The van der Waals surface area contributed by atoms with Crippen LogP contribution in [0, 0.1) is 23.7 Å². The van der Waals surface area contributed by atoms with Gasteiger partial charge in [-0.2, -0.15) is 0 Å². The zero-order valence-electron chi connectivity index (χ0n) is 9.15. The van der Waals surface area contributed by atoms with Crippen LogP contribution in [0.2, 0.25) is 0 Å². The molecule has 2 saturated carbocycles. The quantitative estimate of drug-likeness (QED) is 0.515. The minimum atomic E-state index is -0.197. The van der Waals surface area contributed by atoms with Crippen molar-refractivity contribution in [1.29, 1.82) is 0 Å². The van der Waals surface area contributed by atoms with Gasteiger partial charge in [0, 0.05) is 5.92 Å². The Balaban J connectivity index is 2.09. The van der Waals surface area contributed by atoms with Crippen molar-refractivity contribution >= 4 is 12.3 Å². The van der Waals surface area contributed by atoms with E-state index in [4.69, 9.17) is 4.74 Å². The van der Waals surface area contributed by atoms with Gasteiger partial charge in [-0.05, 0) is 24.7 Å². The molecular weight excluding hydrogens is 192 g/mol. The Morgan fingerprint density at radius 3 is 2.53 bits per heavy atom. The summed E-state index contributed by atoms with van der Waals surface area (Å²) in [6.45, 7) is 0. The highest BCUT2D eigenvalue weighted by Gasteiger charge is 2.42. The highest BCUT2D eigenvalue weighted by Crippen LogP contribution is 2.46. The lowest BCUT2D eigenvalue weighted by molar-refractivity contribution is -0.151. The van der Waals surface area contributed by atoms with Gasteiger partial charge in [0.25, 0.3) is 0 Å². The Morgan fingerprint density at radius 1 is 1.27 bits per heavy atom. The monoisotopic (exact) mass is 210 g/mol. The molecule has 0 aromatic carbocycles. The minimum Gasteiger partial charge on any atom is -0.469 e. The van der Waals surface area contributed by atoms with E-state index in [0.29, 0.717) is 11.8 Å². The van der Waals surface area contributed by atoms with E-state index in [1.54, 1.807) is 0 Å². The molecule has 0 heterocycles. The summed E-state index contributed by atoms with van der Waals surface area (Å²) in [6.07, 6.45) is 6.44. The summed E-state index contributed by atoms with van der Waals surface area (Å²) in [7, 11) is 1.41. The first kappa shape index (κ1) is 10.7. The third kappa shape index (κ3) is 1.92. The molecule has 4 atom stereocenters. The number of esters is 1. The number of carbonyl (C=O) groups is 2. The molecular formula is C12H18O3. The van der Waals surface area contributed by atoms with Gasteiger partial charge in [0.1, 0.15) is 6.29 Å².